The van der Waals surface area contributed by atoms with E-state index < -0.39 is 0 Å². The molecule has 0 bridgehead atoms. The molecule has 0 atom stereocenters. The molecule has 3 rings (SSSR count). The highest BCUT2D eigenvalue weighted by Crippen LogP contribution is 2.24. The van der Waals surface area contributed by atoms with Crippen molar-refractivity contribution in [2.45, 2.75) is 39.0 Å². The average molecular weight is 408 g/mol. The molecule has 0 aliphatic heterocycles. The van der Waals surface area contributed by atoms with Gasteiger partial charge in [-0.3, -0.25) is 14.4 Å². The summed E-state index contributed by atoms with van der Waals surface area (Å²) in [5.74, 6) is 0.00887. The molecule has 0 unspecified atom stereocenters. The lowest BCUT2D eigenvalue weighted by molar-refractivity contribution is -0.134. The molecule has 1 aliphatic carbocycles. The summed E-state index contributed by atoms with van der Waals surface area (Å²) in [6, 6.07) is 13.0. The van der Waals surface area contributed by atoms with E-state index >= 15 is 0 Å². The number of nitrogens with zero attached hydrogens (tertiary/aromatic N) is 1. The van der Waals surface area contributed by atoms with Crippen LogP contribution in [0.2, 0.25) is 0 Å². The number of para-hydroxylation sites is 2. The van der Waals surface area contributed by atoms with Crippen molar-refractivity contribution in [1.82, 2.24) is 4.90 Å². The topological polar surface area (TPSA) is 75.7 Å². The van der Waals surface area contributed by atoms with Crippen molar-refractivity contribution >= 4 is 23.3 Å². The third-order valence-corrected chi connectivity index (χ3v) is 5.44. The van der Waals surface area contributed by atoms with Crippen LogP contribution in [0.5, 0.6) is 5.75 Å². The number of hydrogen-bond donors (Lipinski definition) is 1. The Bertz CT molecular complexity index is 939. The molecule has 1 aliphatic rings. The number of methoxy groups -OCH3 is 1. The maximum atomic E-state index is 12.6. The van der Waals surface area contributed by atoms with Crippen molar-refractivity contribution in [2.75, 3.05) is 25.5 Å². The molecule has 6 nitrogen and oxygen atoms in total. The lowest BCUT2D eigenvalue weighted by Gasteiger charge is -2.20. The van der Waals surface area contributed by atoms with Crippen LogP contribution in [0.15, 0.2) is 42.5 Å². The highest BCUT2D eigenvalue weighted by atomic mass is 16.5. The molecule has 0 heterocycles. The normalized spacial score (nSPS) is 12.2. The molecule has 2 aromatic carbocycles. The van der Waals surface area contributed by atoms with Crippen molar-refractivity contribution in [3.63, 3.8) is 0 Å². The number of benzene rings is 2. The number of ether oxygens (including phenoxy) is 1. The number of hydrogen-bond acceptors (Lipinski definition) is 4. The number of likely N-dealkylation sites (N-methyl/N-ethyl adjacent to an activating group) is 1. The molecular weight excluding hydrogens is 380 g/mol. The Labute approximate surface area is 177 Å². The van der Waals surface area contributed by atoms with Gasteiger partial charge in [-0.05, 0) is 55.5 Å². The Balaban J connectivity index is 1.53. The third kappa shape index (κ3) is 5.26. The average Bonchev–Trinajstić information content (AvgIpc) is 3.23. The number of rotatable bonds is 9. The van der Waals surface area contributed by atoms with Crippen molar-refractivity contribution in [1.29, 1.82) is 0 Å². The van der Waals surface area contributed by atoms with Crippen molar-refractivity contribution in [3.8, 4) is 5.75 Å². The second-order valence-corrected chi connectivity index (χ2v) is 7.42. The molecule has 0 radical (unpaired) electrons. The van der Waals surface area contributed by atoms with Gasteiger partial charge in [0.15, 0.2) is 5.78 Å². The van der Waals surface area contributed by atoms with Crippen LogP contribution in [0.1, 0.15) is 47.7 Å². The number of nitrogens with one attached hydrogen (secondary N) is 1. The van der Waals surface area contributed by atoms with E-state index in [4.69, 9.17) is 4.74 Å². The Morgan fingerprint density at radius 3 is 2.57 bits per heavy atom. The van der Waals surface area contributed by atoms with Gasteiger partial charge in [-0.1, -0.05) is 24.3 Å². The molecule has 30 heavy (non-hydrogen) atoms. The zero-order valence-electron chi connectivity index (χ0n) is 17.6. The zero-order chi connectivity index (χ0) is 21.5. The van der Waals surface area contributed by atoms with Crippen LogP contribution >= 0.6 is 0 Å². The van der Waals surface area contributed by atoms with Gasteiger partial charge in [0.2, 0.25) is 11.8 Å². The summed E-state index contributed by atoms with van der Waals surface area (Å²) < 4.78 is 5.23. The minimum atomic E-state index is -0.306. The largest absolute Gasteiger partial charge is 0.495 e. The minimum Gasteiger partial charge on any atom is -0.495 e. The monoisotopic (exact) mass is 408 g/mol. The van der Waals surface area contributed by atoms with Gasteiger partial charge in [0.05, 0.1) is 19.3 Å². The lowest BCUT2D eigenvalue weighted by atomic mass is 10.0. The van der Waals surface area contributed by atoms with Gasteiger partial charge in [-0.25, -0.2) is 0 Å². The fourth-order valence-electron chi connectivity index (χ4n) is 3.76. The number of ketones is 1. The van der Waals surface area contributed by atoms with Crippen molar-refractivity contribution in [2.24, 2.45) is 0 Å². The van der Waals surface area contributed by atoms with Crippen LogP contribution in [0.3, 0.4) is 0 Å². The van der Waals surface area contributed by atoms with Gasteiger partial charge in [-0.15, -0.1) is 0 Å². The highest BCUT2D eigenvalue weighted by Gasteiger charge is 2.19. The van der Waals surface area contributed by atoms with Gasteiger partial charge < -0.3 is 15.0 Å². The maximum Gasteiger partial charge on any atom is 0.244 e. The van der Waals surface area contributed by atoms with E-state index in [0.29, 0.717) is 23.5 Å². The second kappa shape index (κ2) is 10.1. The predicted octanol–water partition coefficient (Wildman–Crippen LogP) is 3.63. The predicted molar refractivity (Wildman–Crippen MR) is 116 cm³/mol. The first-order valence-corrected chi connectivity index (χ1v) is 10.4. The Morgan fingerprint density at radius 1 is 1.03 bits per heavy atom. The van der Waals surface area contributed by atoms with E-state index in [2.05, 4.69) is 5.32 Å². The molecule has 2 amide bonds. The SMILES string of the molecule is CCN(CC(=O)Nc1ccccc1OC)C(=O)CCC(=O)c1ccc2c(c1)CCC2. The quantitative estimate of drug-likeness (QED) is 0.643. The molecule has 0 aromatic heterocycles. The Morgan fingerprint density at radius 2 is 1.80 bits per heavy atom. The van der Waals surface area contributed by atoms with Gasteiger partial charge in [0.25, 0.3) is 0 Å². The standard InChI is InChI=1S/C24H28N2O4/c1-3-26(16-23(28)25-20-9-4-5-10-22(20)30-2)24(29)14-13-21(27)19-12-11-17-7-6-8-18(17)15-19/h4-5,9-12,15H,3,6-8,13-14,16H2,1-2H3,(H,25,28). The van der Waals surface area contributed by atoms with E-state index in [0.717, 1.165) is 19.3 Å². The van der Waals surface area contributed by atoms with Gasteiger partial charge >= 0.3 is 0 Å². The summed E-state index contributed by atoms with van der Waals surface area (Å²) in [7, 11) is 1.53. The number of Topliss-reactive ketones (excluding diaryl/α,β-unsaturated/α-hetero) is 1. The van der Waals surface area contributed by atoms with E-state index in [1.165, 1.54) is 23.1 Å². The summed E-state index contributed by atoms with van der Waals surface area (Å²) in [6.07, 6.45) is 3.45. The second-order valence-electron chi connectivity index (χ2n) is 7.42. The number of aryl methyl sites for hydroxylation is 2. The fraction of sp³-hybridized carbons (Fsp3) is 0.375. The van der Waals surface area contributed by atoms with E-state index in [-0.39, 0.29) is 37.0 Å². The van der Waals surface area contributed by atoms with Crippen LogP contribution in [0, 0.1) is 0 Å². The Kier molecular flexibility index (Phi) is 7.22. The Hall–Kier alpha value is -3.15. The van der Waals surface area contributed by atoms with Gasteiger partial charge in [-0.2, -0.15) is 0 Å². The first kappa shape index (κ1) is 21.6. The molecule has 0 saturated heterocycles. The van der Waals surface area contributed by atoms with Crippen LogP contribution in [0.4, 0.5) is 5.69 Å². The maximum absolute atomic E-state index is 12.6. The first-order valence-electron chi connectivity index (χ1n) is 10.4. The number of carbonyl (C=O) groups excluding carboxylic acids is 3. The van der Waals surface area contributed by atoms with E-state index in [1.807, 2.05) is 31.2 Å². The van der Waals surface area contributed by atoms with Gasteiger partial charge in [0, 0.05) is 24.9 Å². The molecule has 2 aromatic rings. The zero-order valence-corrected chi connectivity index (χ0v) is 17.6. The van der Waals surface area contributed by atoms with Crippen LogP contribution in [0.25, 0.3) is 0 Å². The molecule has 0 fully saturated rings. The summed E-state index contributed by atoms with van der Waals surface area (Å²) in [5.41, 5.74) is 3.79. The van der Waals surface area contributed by atoms with Crippen molar-refractivity contribution in [3.05, 3.63) is 59.2 Å². The molecule has 1 N–H and O–H groups in total. The van der Waals surface area contributed by atoms with E-state index in [9.17, 15) is 14.4 Å². The highest BCUT2D eigenvalue weighted by molar-refractivity contribution is 5.99. The van der Waals surface area contributed by atoms with Crippen LogP contribution in [-0.4, -0.2) is 42.7 Å². The third-order valence-electron chi connectivity index (χ3n) is 5.44. The molecule has 0 saturated carbocycles. The number of anilines is 1. The number of amides is 2. The molecular formula is C24H28N2O4. The molecule has 158 valence electrons. The fourth-order valence-corrected chi connectivity index (χ4v) is 3.76. The van der Waals surface area contributed by atoms with E-state index in [1.54, 1.807) is 18.2 Å². The summed E-state index contributed by atoms with van der Waals surface area (Å²) in [4.78, 5) is 39.0. The molecule has 0 spiro atoms. The van der Waals surface area contributed by atoms with Gasteiger partial charge in [0.1, 0.15) is 5.75 Å². The van der Waals surface area contributed by atoms with Crippen molar-refractivity contribution < 1.29 is 19.1 Å². The lowest BCUT2D eigenvalue weighted by Crippen LogP contribution is -2.38. The summed E-state index contributed by atoms with van der Waals surface area (Å²) in [5, 5.41) is 2.77. The number of fused-ring (bicyclic) bond motifs is 1. The smallest absolute Gasteiger partial charge is 0.244 e. The first-order chi connectivity index (χ1) is 14.5. The molecule has 6 heteroatoms. The number of carbonyl (C=O) groups is 3. The van der Waals surface area contributed by atoms with Crippen LogP contribution < -0.4 is 10.1 Å². The minimum absolute atomic E-state index is 0.0347. The van der Waals surface area contributed by atoms with Crippen LogP contribution in [-0.2, 0) is 22.4 Å². The summed E-state index contributed by atoms with van der Waals surface area (Å²) in [6.45, 7) is 2.14. The summed E-state index contributed by atoms with van der Waals surface area (Å²) >= 11 is 0.